The van der Waals surface area contributed by atoms with Gasteiger partial charge in [0.25, 0.3) is 5.91 Å². The van der Waals surface area contributed by atoms with Crippen LogP contribution in [0.15, 0.2) is 36.5 Å². The zero-order chi connectivity index (χ0) is 18.4. The van der Waals surface area contributed by atoms with Crippen molar-refractivity contribution >= 4 is 34.6 Å². The van der Waals surface area contributed by atoms with Crippen molar-refractivity contribution in [1.82, 2.24) is 4.57 Å². The Morgan fingerprint density at radius 3 is 2.81 bits per heavy atom. The highest BCUT2D eigenvalue weighted by molar-refractivity contribution is 6.31. The lowest BCUT2D eigenvalue weighted by atomic mass is 9.98. The molecule has 134 valence electrons. The Hall–Kier alpha value is -2.40. The number of Topliss-reactive ketones (excluding diaryl/α,β-unsaturated/α-hetero) is 1. The van der Waals surface area contributed by atoms with Crippen LogP contribution in [0.3, 0.4) is 0 Å². The molecule has 0 spiro atoms. The molecular formula is C20H18ClFN2O2. The van der Waals surface area contributed by atoms with Gasteiger partial charge in [-0.1, -0.05) is 17.7 Å². The summed E-state index contributed by atoms with van der Waals surface area (Å²) in [6.07, 6.45) is 6.06. The second-order valence-electron chi connectivity index (χ2n) is 7.04. The molecule has 4 rings (SSSR count). The Labute approximate surface area is 155 Å². The van der Waals surface area contributed by atoms with Gasteiger partial charge in [0, 0.05) is 37.3 Å². The molecule has 0 bridgehead atoms. The summed E-state index contributed by atoms with van der Waals surface area (Å²) in [6.45, 7) is 0. The average molecular weight is 373 g/mol. The van der Waals surface area contributed by atoms with E-state index in [0.717, 1.165) is 17.6 Å². The molecular weight excluding hydrogens is 355 g/mol. The number of amides is 1. The maximum atomic E-state index is 13.3. The van der Waals surface area contributed by atoms with Crippen LogP contribution in [0.25, 0.3) is 5.57 Å². The molecule has 4 nitrogen and oxygen atoms in total. The molecule has 1 heterocycles. The van der Waals surface area contributed by atoms with Gasteiger partial charge in [-0.3, -0.25) is 9.59 Å². The summed E-state index contributed by atoms with van der Waals surface area (Å²) in [6, 6.07) is 6.03. The van der Waals surface area contributed by atoms with E-state index >= 15 is 0 Å². The van der Waals surface area contributed by atoms with Gasteiger partial charge >= 0.3 is 0 Å². The van der Waals surface area contributed by atoms with Crippen molar-refractivity contribution in [3.8, 4) is 0 Å². The molecule has 26 heavy (non-hydrogen) atoms. The molecule has 1 amide bonds. The number of anilines is 1. The molecule has 0 aliphatic heterocycles. The summed E-state index contributed by atoms with van der Waals surface area (Å²) in [5.41, 5.74) is 3.00. The molecule has 1 aromatic carbocycles. The number of aromatic nitrogens is 1. The smallest absolute Gasteiger partial charge is 0.272 e. The van der Waals surface area contributed by atoms with Gasteiger partial charge in [-0.25, -0.2) is 4.39 Å². The first kappa shape index (κ1) is 17.0. The first-order valence-electron chi connectivity index (χ1n) is 8.57. The fraction of sp³-hybridized carbons (Fsp3) is 0.300. The highest BCUT2D eigenvalue weighted by Crippen LogP contribution is 2.45. The number of nitrogens with zero attached hydrogens (tertiary/aromatic N) is 1. The van der Waals surface area contributed by atoms with E-state index in [4.69, 9.17) is 11.6 Å². The molecule has 1 saturated carbocycles. The largest absolute Gasteiger partial charge is 0.346 e. The minimum absolute atomic E-state index is 0.0362. The van der Waals surface area contributed by atoms with Crippen molar-refractivity contribution in [2.75, 3.05) is 5.32 Å². The summed E-state index contributed by atoms with van der Waals surface area (Å²) in [4.78, 5) is 24.4. The van der Waals surface area contributed by atoms with E-state index in [2.05, 4.69) is 11.4 Å². The molecule has 1 aromatic heterocycles. The van der Waals surface area contributed by atoms with E-state index in [-0.39, 0.29) is 10.9 Å². The van der Waals surface area contributed by atoms with Gasteiger partial charge in [-0.15, -0.1) is 0 Å². The number of rotatable bonds is 3. The lowest BCUT2D eigenvalue weighted by Crippen LogP contribution is -2.17. The van der Waals surface area contributed by atoms with Gasteiger partial charge in [0.15, 0.2) is 0 Å². The number of carbonyl (C=O) groups excluding carboxylic acids is 2. The van der Waals surface area contributed by atoms with E-state index in [1.54, 1.807) is 4.57 Å². The van der Waals surface area contributed by atoms with Crippen molar-refractivity contribution < 1.29 is 14.0 Å². The third kappa shape index (κ3) is 2.97. The fourth-order valence-electron chi connectivity index (χ4n) is 4.02. The first-order valence-corrected chi connectivity index (χ1v) is 8.94. The molecule has 0 saturated heterocycles. The topological polar surface area (TPSA) is 51.1 Å². The van der Waals surface area contributed by atoms with E-state index in [0.29, 0.717) is 41.8 Å². The van der Waals surface area contributed by atoms with Crippen LogP contribution in [0.5, 0.6) is 0 Å². The summed E-state index contributed by atoms with van der Waals surface area (Å²) < 4.78 is 15.1. The second-order valence-corrected chi connectivity index (χ2v) is 7.45. The SMILES string of the molecule is Cn1ccc(C2=CC3CC(=O)CC3C2)c1C(=O)Nc1ccc(F)c(Cl)c1. The van der Waals surface area contributed by atoms with Crippen LogP contribution in [0.4, 0.5) is 10.1 Å². The normalized spacial score (nSPS) is 21.7. The molecule has 2 atom stereocenters. The Bertz CT molecular complexity index is 947. The van der Waals surface area contributed by atoms with Crippen LogP contribution in [0, 0.1) is 17.7 Å². The Morgan fingerprint density at radius 1 is 1.27 bits per heavy atom. The van der Waals surface area contributed by atoms with Crippen molar-refractivity contribution in [3.63, 3.8) is 0 Å². The summed E-state index contributed by atoms with van der Waals surface area (Å²) in [7, 11) is 1.82. The summed E-state index contributed by atoms with van der Waals surface area (Å²) in [5.74, 6) is 0.189. The average Bonchev–Trinajstić information content (AvgIpc) is 3.23. The molecule has 2 aliphatic carbocycles. The number of benzene rings is 1. The Kier molecular flexibility index (Phi) is 4.19. The van der Waals surface area contributed by atoms with E-state index in [1.165, 1.54) is 18.2 Å². The van der Waals surface area contributed by atoms with E-state index in [1.807, 2.05) is 19.3 Å². The van der Waals surface area contributed by atoms with Crippen molar-refractivity contribution in [1.29, 1.82) is 0 Å². The van der Waals surface area contributed by atoms with E-state index < -0.39 is 5.82 Å². The first-order chi connectivity index (χ1) is 12.4. The van der Waals surface area contributed by atoms with Gasteiger partial charge < -0.3 is 9.88 Å². The number of fused-ring (bicyclic) bond motifs is 1. The Morgan fingerprint density at radius 2 is 2.08 bits per heavy atom. The molecule has 0 radical (unpaired) electrons. The number of aryl methyl sites for hydroxylation is 1. The van der Waals surface area contributed by atoms with Crippen LogP contribution in [0.1, 0.15) is 35.3 Å². The van der Waals surface area contributed by atoms with Gasteiger partial charge in [-0.05, 0) is 48.1 Å². The number of halogens is 2. The Balaban J connectivity index is 1.60. The maximum Gasteiger partial charge on any atom is 0.272 e. The summed E-state index contributed by atoms with van der Waals surface area (Å²) in [5, 5.41) is 2.75. The van der Waals surface area contributed by atoms with Crippen molar-refractivity contribution in [2.45, 2.75) is 19.3 Å². The minimum Gasteiger partial charge on any atom is -0.346 e. The van der Waals surface area contributed by atoms with Crippen LogP contribution in [0.2, 0.25) is 5.02 Å². The van der Waals surface area contributed by atoms with Crippen LogP contribution in [-0.4, -0.2) is 16.3 Å². The van der Waals surface area contributed by atoms with E-state index in [9.17, 15) is 14.0 Å². The monoisotopic (exact) mass is 372 g/mol. The lowest BCUT2D eigenvalue weighted by molar-refractivity contribution is -0.117. The van der Waals surface area contributed by atoms with Crippen LogP contribution in [-0.2, 0) is 11.8 Å². The molecule has 2 aromatic rings. The maximum absolute atomic E-state index is 13.3. The minimum atomic E-state index is -0.526. The standard InChI is InChI=1S/C20H18ClFN2O2/c1-24-5-4-16(13-6-11-8-15(25)9-12(11)7-13)19(24)20(26)23-14-2-3-18(22)17(21)10-14/h2-6,10-12H,7-9H2,1H3,(H,23,26). The number of ketones is 1. The molecule has 2 unspecified atom stereocenters. The predicted octanol–water partition coefficient (Wildman–Crippen LogP) is 4.45. The third-order valence-corrected chi connectivity index (χ3v) is 5.56. The number of nitrogens with one attached hydrogen (secondary N) is 1. The molecule has 1 fully saturated rings. The highest BCUT2D eigenvalue weighted by Gasteiger charge is 2.37. The van der Waals surface area contributed by atoms with Gasteiger partial charge in [0.1, 0.15) is 17.3 Å². The van der Waals surface area contributed by atoms with Crippen molar-refractivity contribution in [2.24, 2.45) is 18.9 Å². The second kappa shape index (κ2) is 6.40. The number of allylic oxidation sites excluding steroid dienone is 2. The van der Waals surface area contributed by atoms with Crippen molar-refractivity contribution in [3.05, 3.63) is 58.6 Å². The number of carbonyl (C=O) groups is 2. The van der Waals surface area contributed by atoms with Gasteiger partial charge in [0.05, 0.1) is 5.02 Å². The zero-order valence-electron chi connectivity index (χ0n) is 14.3. The van der Waals surface area contributed by atoms with Crippen LogP contribution >= 0.6 is 11.6 Å². The predicted molar refractivity (Wildman–Crippen MR) is 98.6 cm³/mol. The highest BCUT2D eigenvalue weighted by atomic mass is 35.5. The number of hydrogen-bond donors (Lipinski definition) is 1. The fourth-order valence-corrected chi connectivity index (χ4v) is 4.20. The van der Waals surface area contributed by atoms with Gasteiger partial charge in [-0.2, -0.15) is 0 Å². The summed E-state index contributed by atoms with van der Waals surface area (Å²) >= 11 is 5.79. The van der Waals surface area contributed by atoms with Crippen LogP contribution < -0.4 is 5.32 Å². The molecule has 1 N–H and O–H groups in total. The number of hydrogen-bond acceptors (Lipinski definition) is 2. The van der Waals surface area contributed by atoms with Gasteiger partial charge in [0.2, 0.25) is 0 Å². The molecule has 2 aliphatic rings. The molecule has 6 heteroatoms. The third-order valence-electron chi connectivity index (χ3n) is 5.27. The lowest BCUT2D eigenvalue weighted by Gasteiger charge is -2.11. The quantitative estimate of drug-likeness (QED) is 0.865. The zero-order valence-corrected chi connectivity index (χ0v) is 15.0.